The Morgan fingerprint density at radius 2 is 2.04 bits per heavy atom. The fraction of sp³-hybridized carbons (Fsp3) is 0.529. The fourth-order valence-corrected chi connectivity index (χ4v) is 2.57. The smallest absolute Gasteiger partial charge is 0.410 e. The van der Waals surface area contributed by atoms with Gasteiger partial charge in [0.1, 0.15) is 5.60 Å². The van der Waals surface area contributed by atoms with E-state index in [2.05, 4.69) is 5.32 Å². The first-order valence-corrected chi connectivity index (χ1v) is 7.80. The maximum absolute atomic E-state index is 12.1. The standard InChI is InChI=1S/C17H25N3O3/c1-11-9-12(15(18)21)5-6-14(11)19-13-7-8-20(10-13)16(22)23-17(2,3)4/h5-6,9,13,19H,7-8,10H2,1-4H3,(H2,18,21). The van der Waals surface area contributed by atoms with Crippen molar-refractivity contribution in [1.82, 2.24) is 4.90 Å². The average molecular weight is 319 g/mol. The van der Waals surface area contributed by atoms with Gasteiger partial charge in [0.25, 0.3) is 0 Å². The molecule has 6 nitrogen and oxygen atoms in total. The van der Waals surface area contributed by atoms with Crippen molar-refractivity contribution in [1.29, 1.82) is 0 Å². The average Bonchev–Trinajstić information content (AvgIpc) is 2.87. The van der Waals surface area contributed by atoms with Crippen molar-refractivity contribution in [2.45, 2.75) is 45.8 Å². The summed E-state index contributed by atoms with van der Waals surface area (Å²) in [5.74, 6) is -0.434. The predicted octanol–water partition coefficient (Wildman–Crippen LogP) is 2.52. The fourth-order valence-electron chi connectivity index (χ4n) is 2.57. The van der Waals surface area contributed by atoms with Crippen LogP contribution in [0.25, 0.3) is 0 Å². The van der Waals surface area contributed by atoms with Crippen LogP contribution in [0.4, 0.5) is 10.5 Å². The SMILES string of the molecule is Cc1cc(C(N)=O)ccc1NC1CCN(C(=O)OC(C)(C)C)C1. The Labute approximate surface area is 137 Å². The number of rotatable bonds is 3. The summed E-state index contributed by atoms with van der Waals surface area (Å²) in [6, 6.07) is 5.50. The number of nitrogens with zero attached hydrogens (tertiary/aromatic N) is 1. The number of aryl methyl sites for hydroxylation is 1. The van der Waals surface area contributed by atoms with Crippen LogP contribution < -0.4 is 11.1 Å². The van der Waals surface area contributed by atoms with Crippen LogP contribution in [-0.4, -0.2) is 41.6 Å². The van der Waals surface area contributed by atoms with Gasteiger partial charge >= 0.3 is 6.09 Å². The molecule has 1 heterocycles. The summed E-state index contributed by atoms with van der Waals surface area (Å²) in [5, 5.41) is 3.42. The number of anilines is 1. The van der Waals surface area contributed by atoms with E-state index in [0.29, 0.717) is 18.7 Å². The van der Waals surface area contributed by atoms with Crippen molar-refractivity contribution in [3.05, 3.63) is 29.3 Å². The topological polar surface area (TPSA) is 84.7 Å². The Morgan fingerprint density at radius 1 is 1.35 bits per heavy atom. The molecule has 0 saturated carbocycles. The molecule has 0 radical (unpaired) electrons. The maximum Gasteiger partial charge on any atom is 0.410 e. The lowest BCUT2D eigenvalue weighted by Gasteiger charge is -2.24. The van der Waals surface area contributed by atoms with Gasteiger partial charge in [0.15, 0.2) is 0 Å². The number of nitrogens with two attached hydrogens (primary N) is 1. The Balaban J connectivity index is 1.96. The first kappa shape index (κ1) is 17.1. The summed E-state index contributed by atoms with van der Waals surface area (Å²) in [4.78, 5) is 25.0. The molecular weight excluding hydrogens is 294 g/mol. The molecule has 126 valence electrons. The lowest BCUT2D eigenvalue weighted by atomic mass is 10.1. The number of primary amides is 1. The molecule has 0 aromatic heterocycles. The number of amides is 2. The number of likely N-dealkylation sites (tertiary alicyclic amines) is 1. The first-order valence-electron chi connectivity index (χ1n) is 7.80. The van der Waals surface area contributed by atoms with E-state index in [1.165, 1.54) is 0 Å². The van der Waals surface area contributed by atoms with Gasteiger partial charge in [-0.25, -0.2) is 4.79 Å². The minimum Gasteiger partial charge on any atom is -0.444 e. The third kappa shape index (κ3) is 4.61. The molecule has 6 heteroatoms. The van der Waals surface area contributed by atoms with E-state index < -0.39 is 11.5 Å². The highest BCUT2D eigenvalue weighted by molar-refractivity contribution is 5.93. The summed E-state index contributed by atoms with van der Waals surface area (Å²) in [5.41, 5.74) is 7.20. The number of carbonyl (C=O) groups excluding carboxylic acids is 2. The lowest BCUT2D eigenvalue weighted by Crippen LogP contribution is -2.36. The van der Waals surface area contributed by atoms with Crippen molar-refractivity contribution in [3.8, 4) is 0 Å². The molecule has 0 aliphatic carbocycles. The van der Waals surface area contributed by atoms with E-state index in [-0.39, 0.29) is 12.1 Å². The lowest BCUT2D eigenvalue weighted by molar-refractivity contribution is 0.0293. The number of hydrogen-bond acceptors (Lipinski definition) is 4. The van der Waals surface area contributed by atoms with Gasteiger partial charge in [0.2, 0.25) is 5.91 Å². The molecule has 1 fully saturated rings. The molecule has 1 saturated heterocycles. The third-order valence-corrected chi connectivity index (χ3v) is 3.71. The number of carbonyl (C=O) groups is 2. The molecule has 0 bridgehead atoms. The molecular formula is C17H25N3O3. The predicted molar refractivity (Wildman–Crippen MR) is 89.5 cm³/mol. The summed E-state index contributed by atoms with van der Waals surface area (Å²) in [7, 11) is 0. The Bertz CT molecular complexity index is 608. The second-order valence-electron chi connectivity index (χ2n) is 6.95. The zero-order chi connectivity index (χ0) is 17.2. The van der Waals surface area contributed by atoms with Crippen molar-refractivity contribution < 1.29 is 14.3 Å². The molecule has 1 aliphatic heterocycles. The van der Waals surface area contributed by atoms with Gasteiger partial charge in [-0.1, -0.05) is 0 Å². The quantitative estimate of drug-likeness (QED) is 0.896. The molecule has 1 aromatic rings. The molecule has 2 amide bonds. The van der Waals surface area contributed by atoms with E-state index in [1.807, 2.05) is 33.8 Å². The second kappa shape index (κ2) is 6.48. The highest BCUT2D eigenvalue weighted by atomic mass is 16.6. The largest absolute Gasteiger partial charge is 0.444 e. The van der Waals surface area contributed by atoms with Crippen molar-refractivity contribution in [3.63, 3.8) is 0 Å². The molecule has 23 heavy (non-hydrogen) atoms. The van der Waals surface area contributed by atoms with Crippen LogP contribution in [0, 0.1) is 6.92 Å². The van der Waals surface area contributed by atoms with Crippen LogP contribution in [0.3, 0.4) is 0 Å². The van der Waals surface area contributed by atoms with E-state index in [4.69, 9.17) is 10.5 Å². The van der Waals surface area contributed by atoms with Crippen LogP contribution in [-0.2, 0) is 4.74 Å². The molecule has 1 aromatic carbocycles. The van der Waals surface area contributed by atoms with Crippen LogP contribution >= 0.6 is 0 Å². The van der Waals surface area contributed by atoms with E-state index >= 15 is 0 Å². The summed E-state index contributed by atoms with van der Waals surface area (Å²) < 4.78 is 5.39. The van der Waals surface area contributed by atoms with Crippen molar-refractivity contribution in [2.24, 2.45) is 5.73 Å². The van der Waals surface area contributed by atoms with Crippen molar-refractivity contribution >= 4 is 17.7 Å². The van der Waals surface area contributed by atoms with Gasteiger partial charge in [-0.2, -0.15) is 0 Å². The van der Waals surface area contributed by atoms with Gasteiger partial charge in [0, 0.05) is 30.4 Å². The zero-order valence-electron chi connectivity index (χ0n) is 14.2. The molecule has 0 spiro atoms. The summed E-state index contributed by atoms with van der Waals surface area (Å²) >= 11 is 0. The number of benzene rings is 1. The molecule has 3 N–H and O–H groups in total. The highest BCUT2D eigenvalue weighted by Gasteiger charge is 2.29. The number of ether oxygens (including phenoxy) is 1. The van der Waals surface area contributed by atoms with Gasteiger partial charge in [-0.05, 0) is 57.9 Å². The van der Waals surface area contributed by atoms with E-state index in [1.54, 1.807) is 17.0 Å². The Kier molecular flexibility index (Phi) is 4.82. The normalized spacial score (nSPS) is 17.9. The van der Waals surface area contributed by atoms with Crippen LogP contribution in [0.2, 0.25) is 0 Å². The minimum absolute atomic E-state index is 0.167. The van der Waals surface area contributed by atoms with E-state index in [9.17, 15) is 9.59 Å². The Morgan fingerprint density at radius 3 is 2.61 bits per heavy atom. The Hall–Kier alpha value is -2.24. The number of hydrogen-bond donors (Lipinski definition) is 2. The second-order valence-corrected chi connectivity index (χ2v) is 6.95. The van der Waals surface area contributed by atoms with Gasteiger partial charge in [-0.3, -0.25) is 4.79 Å². The molecule has 1 aliphatic rings. The summed E-state index contributed by atoms with van der Waals surface area (Å²) in [6.07, 6.45) is 0.582. The summed E-state index contributed by atoms with van der Waals surface area (Å²) in [6.45, 7) is 8.79. The van der Waals surface area contributed by atoms with Gasteiger partial charge in [-0.15, -0.1) is 0 Å². The monoisotopic (exact) mass is 319 g/mol. The van der Waals surface area contributed by atoms with Gasteiger partial charge in [0.05, 0.1) is 0 Å². The van der Waals surface area contributed by atoms with Gasteiger partial charge < -0.3 is 20.7 Å². The molecule has 2 rings (SSSR count). The van der Waals surface area contributed by atoms with Crippen molar-refractivity contribution in [2.75, 3.05) is 18.4 Å². The number of nitrogens with one attached hydrogen (secondary N) is 1. The first-order chi connectivity index (χ1) is 10.7. The van der Waals surface area contributed by atoms with Crippen LogP contribution in [0.5, 0.6) is 0 Å². The molecule has 1 atom stereocenters. The maximum atomic E-state index is 12.1. The zero-order valence-corrected chi connectivity index (χ0v) is 14.2. The highest BCUT2D eigenvalue weighted by Crippen LogP contribution is 2.22. The molecule has 1 unspecified atom stereocenters. The van der Waals surface area contributed by atoms with Crippen LogP contribution in [0.15, 0.2) is 18.2 Å². The van der Waals surface area contributed by atoms with E-state index in [0.717, 1.165) is 17.7 Å². The minimum atomic E-state index is -0.482. The third-order valence-electron chi connectivity index (χ3n) is 3.71. The van der Waals surface area contributed by atoms with Crippen LogP contribution in [0.1, 0.15) is 43.1 Å².